The molecule has 2 aromatic heterocycles. The first-order chi connectivity index (χ1) is 17.0. The van der Waals surface area contributed by atoms with Gasteiger partial charge in [-0.2, -0.15) is 0 Å². The van der Waals surface area contributed by atoms with E-state index in [-0.39, 0.29) is 11.9 Å². The number of carbonyl (C=O) groups excluding carboxylic acids is 1. The molecule has 3 aromatic rings. The largest absolute Gasteiger partial charge is 0.385 e. The lowest BCUT2D eigenvalue weighted by molar-refractivity contribution is -0.111. The summed E-state index contributed by atoms with van der Waals surface area (Å²) in [6.07, 6.45) is 11.9. The molecule has 1 amide bonds. The fourth-order valence-corrected chi connectivity index (χ4v) is 4.33. The highest BCUT2D eigenvalue weighted by Gasteiger charge is 2.16. The SMILES string of the molecule is C=C(C(=O)Nc1cnc(N)nc1)c1cc(-c2cncc(CN3CCCCCC3)c2)ccc1NCC. The van der Waals surface area contributed by atoms with E-state index >= 15 is 0 Å². The lowest BCUT2D eigenvalue weighted by Crippen LogP contribution is -2.24. The maximum Gasteiger partial charge on any atom is 0.255 e. The van der Waals surface area contributed by atoms with E-state index in [1.165, 1.54) is 43.6 Å². The minimum Gasteiger partial charge on any atom is -0.385 e. The summed E-state index contributed by atoms with van der Waals surface area (Å²) < 4.78 is 0. The minimum absolute atomic E-state index is 0.149. The van der Waals surface area contributed by atoms with Crippen LogP contribution in [0.15, 0.2) is 55.6 Å². The highest BCUT2D eigenvalue weighted by atomic mass is 16.1. The third-order valence-corrected chi connectivity index (χ3v) is 6.15. The number of carbonyl (C=O) groups is 1. The number of likely N-dealkylation sites (tertiary alicyclic amines) is 1. The number of aromatic nitrogens is 3. The number of benzene rings is 1. The molecule has 182 valence electrons. The summed E-state index contributed by atoms with van der Waals surface area (Å²) in [6.45, 7) is 10.0. The van der Waals surface area contributed by atoms with Crippen molar-refractivity contribution in [3.8, 4) is 11.1 Å². The van der Waals surface area contributed by atoms with E-state index in [0.717, 1.165) is 48.6 Å². The second-order valence-corrected chi connectivity index (χ2v) is 8.83. The molecule has 1 aliphatic rings. The molecule has 0 saturated carbocycles. The summed E-state index contributed by atoms with van der Waals surface area (Å²) in [5.41, 5.74) is 11.1. The maximum atomic E-state index is 13.0. The van der Waals surface area contributed by atoms with Gasteiger partial charge < -0.3 is 16.4 Å². The van der Waals surface area contributed by atoms with Crippen molar-refractivity contribution in [3.05, 3.63) is 66.8 Å². The lowest BCUT2D eigenvalue weighted by atomic mass is 9.97. The molecule has 8 heteroatoms. The summed E-state index contributed by atoms with van der Waals surface area (Å²) in [5, 5.41) is 6.12. The van der Waals surface area contributed by atoms with Gasteiger partial charge in [0.1, 0.15) is 0 Å². The van der Waals surface area contributed by atoms with Gasteiger partial charge in [0.05, 0.1) is 18.1 Å². The van der Waals surface area contributed by atoms with Crippen LogP contribution in [0.25, 0.3) is 16.7 Å². The van der Waals surface area contributed by atoms with Gasteiger partial charge in [0.25, 0.3) is 5.91 Å². The molecule has 1 fully saturated rings. The van der Waals surface area contributed by atoms with E-state index in [2.05, 4.69) is 43.1 Å². The standard InChI is InChI=1S/C27H33N7O/c1-3-30-25-9-8-21(13-24(25)19(2)26(35)33-23-16-31-27(28)32-17-23)22-12-20(14-29-15-22)18-34-10-6-4-5-7-11-34/h8-9,12-17,30H,2-7,10-11,18H2,1H3,(H,33,35)(H2,28,31,32). The monoisotopic (exact) mass is 471 g/mol. The molecular formula is C27H33N7O. The van der Waals surface area contributed by atoms with Crippen molar-refractivity contribution in [2.24, 2.45) is 0 Å². The average molecular weight is 472 g/mol. The van der Waals surface area contributed by atoms with Gasteiger partial charge >= 0.3 is 0 Å². The molecule has 0 bridgehead atoms. The summed E-state index contributed by atoms with van der Waals surface area (Å²) in [5.74, 6) is -0.182. The van der Waals surface area contributed by atoms with Gasteiger partial charge in [-0.05, 0) is 62.2 Å². The van der Waals surface area contributed by atoms with Crippen LogP contribution >= 0.6 is 0 Å². The third kappa shape index (κ3) is 6.42. The van der Waals surface area contributed by atoms with Gasteiger partial charge in [0.2, 0.25) is 5.95 Å². The fraction of sp³-hybridized carbons (Fsp3) is 0.333. The predicted octanol–water partition coefficient (Wildman–Crippen LogP) is 4.58. The minimum atomic E-state index is -0.331. The van der Waals surface area contributed by atoms with E-state index in [9.17, 15) is 4.79 Å². The van der Waals surface area contributed by atoms with Crippen LogP contribution < -0.4 is 16.4 Å². The smallest absolute Gasteiger partial charge is 0.255 e. The van der Waals surface area contributed by atoms with E-state index in [1.807, 2.05) is 37.5 Å². The van der Waals surface area contributed by atoms with Crippen molar-refractivity contribution < 1.29 is 4.79 Å². The van der Waals surface area contributed by atoms with E-state index < -0.39 is 0 Å². The molecule has 4 rings (SSSR count). The lowest BCUT2D eigenvalue weighted by Gasteiger charge is -2.20. The highest BCUT2D eigenvalue weighted by Crippen LogP contribution is 2.30. The Labute approximate surface area is 206 Å². The van der Waals surface area contributed by atoms with Crippen LogP contribution in [0.2, 0.25) is 0 Å². The number of pyridine rings is 1. The first-order valence-electron chi connectivity index (χ1n) is 12.2. The molecule has 4 N–H and O–H groups in total. The Kier molecular flexibility index (Phi) is 8.05. The van der Waals surface area contributed by atoms with Crippen molar-refractivity contribution in [2.75, 3.05) is 36.0 Å². The zero-order chi connectivity index (χ0) is 24.6. The number of nitrogens with two attached hydrogens (primary N) is 1. The van der Waals surface area contributed by atoms with Gasteiger partial charge in [0, 0.05) is 47.9 Å². The summed E-state index contributed by atoms with van der Waals surface area (Å²) in [4.78, 5) is 27.8. The number of hydrogen-bond acceptors (Lipinski definition) is 7. The van der Waals surface area contributed by atoms with Crippen LogP contribution in [0.5, 0.6) is 0 Å². The van der Waals surface area contributed by atoms with Crippen molar-refractivity contribution in [1.29, 1.82) is 0 Å². The molecule has 35 heavy (non-hydrogen) atoms. The molecule has 0 atom stereocenters. The van der Waals surface area contributed by atoms with Crippen molar-refractivity contribution in [1.82, 2.24) is 19.9 Å². The van der Waals surface area contributed by atoms with Crippen molar-refractivity contribution in [3.63, 3.8) is 0 Å². The summed E-state index contributed by atoms with van der Waals surface area (Å²) in [7, 11) is 0. The molecule has 1 saturated heterocycles. The van der Waals surface area contributed by atoms with Crippen molar-refractivity contribution in [2.45, 2.75) is 39.2 Å². The number of hydrogen-bond donors (Lipinski definition) is 3. The van der Waals surface area contributed by atoms with Gasteiger partial charge in [0.15, 0.2) is 0 Å². The van der Waals surface area contributed by atoms with E-state index in [0.29, 0.717) is 11.3 Å². The average Bonchev–Trinajstić information content (AvgIpc) is 3.14. The van der Waals surface area contributed by atoms with Gasteiger partial charge in [-0.15, -0.1) is 0 Å². The number of nitrogens with zero attached hydrogens (tertiary/aromatic N) is 4. The van der Waals surface area contributed by atoms with E-state index in [1.54, 1.807) is 0 Å². The van der Waals surface area contributed by atoms with Crippen LogP contribution in [0.4, 0.5) is 17.3 Å². The number of nitrogens with one attached hydrogen (secondary N) is 2. The highest BCUT2D eigenvalue weighted by molar-refractivity contribution is 6.25. The van der Waals surface area contributed by atoms with Crippen LogP contribution in [-0.2, 0) is 11.3 Å². The van der Waals surface area contributed by atoms with Crippen LogP contribution in [0, 0.1) is 0 Å². The number of rotatable bonds is 8. The zero-order valence-corrected chi connectivity index (χ0v) is 20.3. The fourth-order valence-electron chi connectivity index (χ4n) is 4.33. The van der Waals surface area contributed by atoms with Gasteiger partial charge in [-0.25, -0.2) is 9.97 Å². The van der Waals surface area contributed by atoms with Gasteiger partial charge in [-0.3, -0.25) is 14.7 Å². The Hall–Kier alpha value is -3.78. The zero-order valence-electron chi connectivity index (χ0n) is 20.3. The number of amides is 1. The Morgan fingerprint density at radius 1 is 1.03 bits per heavy atom. The molecule has 0 aliphatic carbocycles. The topological polar surface area (TPSA) is 109 Å². The molecule has 0 radical (unpaired) electrons. The first kappa shape index (κ1) is 24.3. The van der Waals surface area contributed by atoms with Crippen LogP contribution in [0.1, 0.15) is 43.7 Å². The number of anilines is 3. The molecule has 0 unspecified atom stereocenters. The predicted molar refractivity (Wildman–Crippen MR) is 142 cm³/mol. The molecule has 3 heterocycles. The van der Waals surface area contributed by atoms with Crippen LogP contribution in [0.3, 0.4) is 0 Å². The Bertz CT molecular complexity index is 1170. The van der Waals surface area contributed by atoms with Gasteiger partial charge in [-0.1, -0.05) is 25.5 Å². The Balaban J connectivity index is 1.57. The van der Waals surface area contributed by atoms with Crippen molar-refractivity contribution >= 4 is 28.8 Å². The van der Waals surface area contributed by atoms with E-state index in [4.69, 9.17) is 5.73 Å². The summed E-state index contributed by atoms with van der Waals surface area (Å²) >= 11 is 0. The maximum absolute atomic E-state index is 13.0. The summed E-state index contributed by atoms with van der Waals surface area (Å²) in [6, 6.07) is 8.22. The quantitative estimate of drug-likeness (QED) is 0.413. The first-order valence-corrected chi connectivity index (χ1v) is 12.2. The molecule has 0 spiro atoms. The Morgan fingerprint density at radius 2 is 1.77 bits per heavy atom. The molecule has 1 aliphatic heterocycles. The third-order valence-electron chi connectivity index (χ3n) is 6.15. The van der Waals surface area contributed by atoms with Crippen LogP contribution in [-0.4, -0.2) is 45.4 Å². The Morgan fingerprint density at radius 3 is 2.49 bits per heavy atom. The molecular weight excluding hydrogens is 438 g/mol. The second kappa shape index (κ2) is 11.6. The number of nitrogen functional groups attached to an aromatic ring is 1. The normalized spacial score (nSPS) is 14.2. The molecule has 8 nitrogen and oxygen atoms in total. The second-order valence-electron chi connectivity index (χ2n) is 8.83. The molecule has 1 aromatic carbocycles.